The minimum atomic E-state index is -0.532. The summed E-state index contributed by atoms with van der Waals surface area (Å²) in [5.41, 5.74) is 8.35. The Morgan fingerprint density at radius 2 is 1.27 bits per heavy atom. The van der Waals surface area contributed by atoms with Crippen molar-refractivity contribution in [1.29, 1.82) is 0 Å². The van der Waals surface area contributed by atoms with Crippen molar-refractivity contribution in [1.82, 2.24) is 30.4 Å². The summed E-state index contributed by atoms with van der Waals surface area (Å²) in [5, 5.41) is 13.2. The summed E-state index contributed by atoms with van der Waals surface area (Å²) in [6.07, 6.45) is 2.87. The smallest absolute Gasteiger partial charge is 0.407 e. The number of amides is 2. The van der Waals surface area contributed by atoms with Gasteiger partial charge in [0.25, 0.3) is 5.91 Å². The quantitative estimate of drug-likeness (QED) is 0.154. The van der Waals surface area contributed by atoms with Crippen LogP contribution in [-0.4, -0.2) is 37.3 Å². The summed E-state index contributed by atoms with van der Waals surface area (Å²) in [7, 11) is 0. The molecule has 0 aliphatic rings. The lowest BCUT2D eigenvalue weighted by Crippen LogP contribution is -2.32. The van der Waals surface area contributed by atoms with E-state index in [-0.39, 0.29) is 5.91 Å². The Hall–Kier alpha value is -5.09. The van der Waals surface area contributed by atoms with Crippen LogP contribution in [0, 0.1) is 13.8 Å². The Morgan fingerprint density at radius 3 is 1.84 bits per heavy atom. The Bertz CT molecular complexity index is 2070. The standard InChI is InChI=1S/C28H31N5O3.C11H10BrN/c1-19-5-11-23-13-22(10-12-25(23)32-19)17-33-18-24(16-31-33)26(34)29-14-20-6-8-21(9-7-20)15-30-27(35)36-28(2,3)4;1-8-2-4-10-6-9(7-12)3-5-11(10)13-8/h5-13,16,18H,14-15,17H2,1-4H3,(H,29,34)(H,30,35);2-6H,7H2,1H3. The van der Waals surface area contributed by atoms with Crippen LogP contribution in [-0.2, 0) is 29.7 Å². The van der Waals surface area contributed by atoms with Crippen molar-refractivity contribution in [3.8, 4) is 0 Å². The number of halogens is 1. The van der Waals surface area contributed by atoms with E-state index >= 15 is 0 Å². The van der Waals surface area contributed by atoms with Crippen molar-refractivity contribution >= 4 is 49.7 Å². The van der Waals surface area contributed by atoms with Crippen molar-refractivity contribution in [3.63, 3.8) is 0 Å². The molecule has 0 bridgehead atoms. The van der Waals surface area contributed by atoms with E-state index in [9.17, 15) is 9.59 Å². The minimum Gasteiger partial charge on any atom is -0.444 e. The second-order valence-corrected chi connectivity index (χ2v) is 13.4. The number of nitrogens with one attached hydrogen (secondary N) is 2. The average molecular weight is 722 g/mol. The molecule has 2 N–H and O–H groups in total. The van der Waals surface area contributed by atoms with Crippen molar-refractivity contribution < 1.29 is 14.3 Å². The molecule has 3 heterocycles. The number of nitrogens with zero attached hydrogens (tertiary/aromatic N) is 4. The van der Waals surface area contributed by atoms with Gasteiger partial charge in [0.05, 0.1) is 29.3 Å². The van der Waals surface area contributed by atoms with Gasteiger partial charge in [-0.25, -0.2) is 4.79 Å². The fraction of sp³-hybridized carbons (Fsp3) is 0.256. The van der Waals surface area contributed by atoms with Gasteiger partial charge in [0.2, 0.25) is 0 Å². The van der Waals surface area contributed by atoms with Gasteiger partial charge in [-0.3, -0.25) is 19.4 Å². The maximum atomic E-state index is 12.6. The monoisotopic (exact) mass is 720 g/mol. The van der Waals surface area contributed by atoms with Gasteiger partial charge in [-0.1, -0.05) is 64.5 Å². The van der Waals surface area contributed by atoms with E-state index < -0.39 is 11.7 Å². The number of alkyl carbamates (subject to hydrolysis) is 1. The number of hydrogen-bond acceptors (Lipinski definition) is 6. The number of fused-ring (bicyclic) bond motifs is 2. The molecule has 0 saturated carbocycles. The van der Waals surface area contributed by atoms with Gasteiger partial charge in [-0.05, 0) is 93.3 Å². The average Bonchev–Trinajstić information content (AvgIpc) is 3.54. The highest BCUT2D eigenvalue weighted by Gasteiger charge is 2.15. The molecule has 0 atom stereocenters. The molecule has 10 heteroatoms. The van der Waals surface area contributed by atoms with Crippen LogP contribution in [0.15, 0.2) is 97.3 Å². The van der Waals surface area contributed by atoms with Crippen LogP contribution in [0.2, 0.25) is 0 Å². The summed E-state index contributed by atoms with van der Waals surface area (Å²) < 4.78 is 6.99. The second kappa shape index (κ2) is 15.9. The number of benzene rings is 3. The third-order valence-electron chi connectivity index (χ3n) is 7.49. The zero-order valence-electron chi connectivity index (χ0n) is 28.5. The summed E-state index contributed by atoms with van der Waals surface area (Å²) in [6.45, 7) is 10.8. The summed E-state index contributed by atoms with van der Waals surface area (Å²) in [4.78, 5) is 33.4. The predicted octanol–water partition coefficient (Wildman–Crippen LogP) is 8.18. The normalized spacial score (nSPS) is 11.1. The van der Waals surface area contributed by atoms with Gasteiger partial charge in [-0.2, -0.15) is 5.10 Å². The van der Waals surface area contributed by atoms with E-state index in [1.807, 2.05) is 83.1 Å². The third-order valence-corrected chi connectivity index (χ3v) is 8.14. The number of aryl methyl sites for hydroxylation is 2. The van der Waals surface area contributed by atoms with Crippen LogP contribution in [0.3, 0.4) is 0 Å². The highest BCUT2D eigenvalue weighted by molar-refractivity contribution is 9.08. The Kier molecular flexibility index (Phi) is 11.4. The first-order valence-corrected chi connectivity index (χ1v) is 17.2. The van der Waals surface area contributed by atoms with Crippen molar-refractivity contribution in [2.75, 3.05) is 0 Å². The van der Waals surface area contributed by atoms with E-state index in [2.05, 4.69) is 78.0 Å². The lowest BCUT2D eigenvalue weighted by molar-refractivity contribution is 0.0523. The largest absolute Gasteiger partial charge is 0.444 e. The number of pyridine rings is 2. The zero-order valence-corrected chi connectivity index (χ0v) is 30.0. The summed E-state index contributed by atoms with van der Waals surface area (Å²) in [6, 6.07) is 28.4. The molecule has 0 radical (unpaired) electrons. The van der Waals surface area contributed by atoms with Gasteiger partial charge in [0.15, 0.2) is 0 Å². The van der Waals surface area contributed by atoms with Crippen LogP contribution in [0.25, 0.3) is 21.8 Å². The fourth-order valence-electron chi connectivity index (χ4n) is 5.04. The first-order valence-electron chi connectivity index (χ1n) is 16.1. The maximum absolute atomic E-state index is 12.6. The summed E-state index contributed by atoms with van der Waals surface area (Å²) >= 11 is 3.44. The molecule has 0 fully saturated rings. The van der Waals surface area contributed by atoms with E-state index in [0.717, 1.165) is 49.8 Å². The molecule has 49 heavy (non-hydrogen) atoms. The molecular weight excluding hydrogens is 680 g/mol. The molecule has 9 nitrogen and oxygen atoms in total. The number of rotatable bonds is 8. The minimum absolute atomic E-state index is 0.185. The SMILES string of the molecule is Cc1ccc2cc(CBr)ccc2n1.Cc1ccc2cc(Cn3cc(C(=O)NCc4ccc(CNC(=O)OC(C)(C)C)cc4)cn3)ccc2n1. The molecule has 0 aliphatic carbocycles. The van der Waals surface area contributed by atoms with E-state index in [0.29, 0.717) is 25.2 Å². The number of carbonyl (C=O) groups excluding carboxylic acids is 2. The molecule has 6 aromatic rings. The lowest BCUT2D eigenvalue weighted by Gasteiger charge is -2.19. The molecule has 3 aromatic carbocycles. The third kappa shape index (κ3) is 10.4. The molecule has 3 aromatic heterocycles. The van der Waals surface area contributed by atoms with Gasteiger partial charge in [-0.15, -0.1) is 0 Å². The first-order chi connectivity index (χ1) is 23.4. The first kappa shape index (κ1) is 35.2. The topological polar surface area (TPSA) is 111 Å². The number of carbonyl (C=O) groups is 2. The number of aromatic nitrogens is 4. The highest BCUT2D eigenvalue weighted by atomic mass is 79.9. The molecule has 6 rings (SSSR count). The van der Waals surface area contributed by atoms with Crippen molar-refractivity contribution in [2.45, 2.75) is 65.2 Å². The van der Waals surface area contributed by atoms with Crippen molar-refractivity contribution in [3.05, 3.63) is 137 Å². The molecule has 252 valence electrons. The Morgan fingerprint density at radius 1 is 0.735 bits per heavy atom. The predicted molar refractivity (Wildman–Crippen MR) is 198 cm³/mol. The Balaban J connectivity index is 0.000000299. The van der Waals surface area contributed by atoms with Gasteiger partial charge in [0.1, 0.15) is 5.60 Å². The Labute approximate surface area is 295 Å². The van der Waals surface area contributed by atoms with E-state index in [1.165, 1.54) is 10.9 Å². The number of hydrogen-bond donors (Lipinski definition) is 2. The van der Waals surface area contributed by atoms with Crippen LogP contribution in [0.4, 0.5) is 4.79 Å². The van der Waals surface area contributed by atoms with Crippen LogP contribution in [0.5, 0.6) is 0 Å². The van der Waals surface area contributed by atoms with E-state index in [4.69, 9.17) is 4.74 Å². The zero-order chi connectivity index (χ0) is 35.0. The molecule has 0 saturated heterocycles. The lowest BCUT2D eigenvalue weighted by atomic mass is 10.1. The number of ether oxygens (including phenoxy) is 1. The molecule has 0 unspecified atom stereocenters. The molecule has 0 aliphatic heterocycles. The number of alkyl halides is 1. The van der Waals surface area contributed by atoms with Gasteiger partial charge in [0, 0.05) is 46.8 Å². The second-order valence-electron chi connectivity index (χ2n) is 12.9. The highest BCUT2D eigenvalue weighted by Crippen LogP contribution is 2.17. The fourth-order valence-corrected chi connectivity index (χ4v) is 5.39. The molecule has 0 spiro atoms. The summed E-state index contributed by atoms with van der Waals surface area (Å²) in [5.74, 6) is -0.185. The maximum Gasteiger partial charge on any atom is 0.407 e. The molecular formula is C39H41BrN6O3. The van der Waals surface area contributed by atoms with Crippen LogP contribution >= 0.6 is 15.9 Å². The molecule has 2 amide bonds. The van der Waals surface area contributed by atoms with Crippen LogP contribution in [0.1, 0.15) is 64.8 Å². The van der Waals surface area contributed by atoms with Crippen molar-refractivity contribution in [2.24, 2.45) is 0 Å². The van der Waals surface area contributed by atoms with Gasteiger partial charge >= 0.3 is 6.09 Å². The van der Waals surface area contributed by atoms with Gasteiger partial charge < -0.3 is 15.4 Å². The van der Waals surface area contributed by atoms with E-state index in [1.54, 1.807) is 17.1 Å². The van der Waals surface area contributed by atoms with Crippen LogP contribution < -0.4 is 10.6 Å².